The Labute approximate surface area is 132 Å². The summed E-state index contributed by atoms with van der Waals surface area (Å²) in [6.07, 6.45) is 3.68. The lowest BCUT2D eigenvalue weighted by Crippen LogP contribution is -2.33. The number of allylic oxidation sites excluding steroid dienone is 2. The molecule has 108 valence electrons. The molecule has 1 amide bonds. The van der Waals surface area contributed by atoms with Crippen molar-refractivity contribution in [2.75, 3.05) is 6.54 Å². The molecule has 4 nitrogen and oxygen atoms in total. The Morgan fingerprint density at radius 3 is 2.67 bits per heavy atom. The third-order valence-electron chi connectivity index (χ3n) is 2.72. The predicted molar refractivity (Wildman–Crippen MR) is 87.7 cm³/mol. The number of amides is 1. The highest BCUT2D eigenvalue weighted by Crippen LogP contribution is 2.31. The summed E-state index contributed by atoms with van der Waals surface area (Å²) in [5, 5.41) is 8.78. The maximum absolute atomic E-state index is 12.1. The minimum Gasteiger partial charge on any atom is -0.480 e. The Morgan fingerprint density at radius 1 is 1.38 bits per heavy atom. The summed E-state index contributed by atoms with van der Waals surface area (Å²) >= 11 is 6.17. The largest absolute Gasteiger partial charge is 0.480 e. The zero-order valence-electron chi connectivity index (χ0n) is 11.3. The van der Waals surface area contributed by atoms with Crippen LogP contribution in [0.1, 0.15) is 12.5 Å². The molecule has 0 spiro atoms. The summed E-state index contributed by atoms with van der Waals surface area (Å²) in [5.74, 6) is -1.43. The number of carboxylic acids is 1. The van der Waals surface area contributed by atoms with Gasteiger partial charge in [-0.1, -0.05) is 60.4 Å². The number of hydrogen-bond acceptors (Lipinski definition) is 4. The number of benzene rings is 1. The van der Waals surface area contributed by atoms with Crippen LogP contribution in [0.3, 0.4) is 0 Å². The first-order valence-corrected chi connectivity index (χ1v) is 7.40. The van der Waals surface area contributed by atoms with E-state index in [4.69, 9.17) is 17.3 Å². The van der Waals surface area contributed by atoms with Crippen molar-refractivity contribution in [2.45, 2.75) is 6.92 Å². The molecule has 1 aliphatic heterocycles. The normalized spacial score (nSPS) is 17.7. The van der Waals surface area contributed by atoms with E-state index >= 15 is 0 Å². The number of thiocarbonyl (C=S) groups is 1. The minimum absolute atomic E-state index is 0.279. The number of hydrogen-bond donors (Lipinski definition) is 1. The van der Waals surface area contributed by atoms with E-state index < -0.39 is 12.5 Å². The Balaban J connectivity index is 2.18. The average Bonchev–Trinajstić information content (AvgIpc) is 2.67. The van der Waals surface area contributed by atoms with Gasteiger partial charge in [-0.05, 0) is 24.1 Å². The molecular weight excluding hydrogens is 306 g/mol. The zero-order chi connectivity index (χ0) is 15.4. The molecule has 0 bridgehead atoms. The van der Waals surface area contributed by atoms with Crippen LogP contribution in [0.5, 0.6) is 0 Å². The van der Waals surface area contributed by atoms with Crippen LogP contribution in [-0.4, -0.2) is 32.7 Å². The molecule has 21 heavy (non-hydrogen) atoms. The van der Waals surface area contributed by atoms with E-state index in [9.17, 15) is 9.59 Å². The molecule has 0 atom stereocenters. The molecule has 0 unspecified atom stereocenters. The van der Waals surface area contributed by atoms with Crippen molar-refractivity contribution in [3.63, 3.8) is 0 Å². The van der Waals surface area contributed by atoms with Crippen LogP contribution in [0.2, 0.25) is 0 Å². The van der Waals surface area contributed by atoms with Gasteiger partial charge in [-0.15, -0.1) is 0 Å². The number of carbonyl (C=O) groups is 2. The summed E-state index contributed by atoms with van der Waals surface area (Å²) in [4.78, 5) is 24.4. The monoisotopic (exact) mass is 319 g/mol. The first kappa shape index (κ1) is 15.5. The third kappa shape index (κ3) is 4.03. The van der Waals surface area contributed by atoms with Gasteiger partial charge in [-0.2, -0.15) is 0 Å². The van der Waals surface area contributed by atoms with Crippen molar-refractivity contribution < 1.29 is 14.7 Å². The van der Waals surface area contributed by atoms with E-state index in [1.165, 1.54) is 0 Å². The van der Waals surface area contributed by atoms with Crippen LogP contribution in [0.15, 0.2) is 46.9 Å². The highest BCUT2D eigenvalue weighted by Gasteiger charge is 2.33. The van der Waals surface area contributed by atoms with E-state index in [2.05, 4.69) is 0 Å². The lowest BCUT2D eigenvalue weighted by atomic mass is 10.1. The van der Waals surface area contributed by atoms with Gasteiger partial charge in [0.1, 0.15) is 10.9 Å². The second-order valence-electron chi connectivity index (χ2n) is 4.46. The van der Waals surface area contributed by atoms with Crippen LogP contribution in [0, 0.1) is 0 Å². The van der Waals surface area contributed by atoms with Crippen molar-refractivity contribution in [2.24, 2.45) is 0 Å². The number of nitrogens with zero attached hydrogens (tertiary/aromatic N) is 1. The lowest BCUT2D eigenvalue weighted by Gasteiger charge is -2.10. The van der Waals surface area contributed by atoms with Gasteiger partial charge in [0.15, 0.2) is 0 Å². The van der Waals surface area contributed by atoms with Gasteiger partial charge in [0.2, 0.25) is 0 Å². The third-order valence-corrected chi connectivity index (χ3v) is 4.10. The molecule has 1 saturated heterocycles. The summed E-state index contributed by atoms with van der Waals surface area (Å²) in [6, 6.07) is 9.74. The molecule has 1 aliphatic rings. The maximum Gasteiger partial charge on any atom is 0.323 e. The molecule has 1 heterocycles. The zero-order valence-corrected chi connectivity index (χ0v) is 12.9. The predicted octanol–water partition coefficient (Wildman–Crippen LogP) is 2.92. The fourth-order valence-electron chi connectivity index (χ4n) is 1.83. The number of rotatable bonds is 4. The van der Waals surface area contributed by atoms with Crippen LogP contribution in [0.25, 0.3) is 6.08 Å². The standard InChI is InChI=1S/C15H13NO3S2/c1-10(7-11-5-3-2-4-6-11)8-12-14(19)16(9-13(17)18)15(20)21-12/h2-8H,9H2,1H3,(H,17,18)/b10-7?,12-8-. The number of carboxylic acid groups (broad SMARTS) is 1. The maximum atomic E-state index is 12.1. The Kier molecular flexibility index (Phi) is 4.93. The Bertz CT molecular complexity index is 650. The molecule has 1 aromatic rings. The number of carbonyl (C=O) groups excluding carboxylic acids is 1. The highest BCUT2D eigenvalue weighted by atomic mass is 32.2. The topological polar surface area (TPSA) is 57.6 Å². The van der Waals surface area contributed by atoms with E-state index in [0.717, 1.165) is 27.8 Å². The molecule has 0 saturated carbocycles. The van der Waals surface area contributed by atoms with Crippen molar-refractivity contribution in [1.82, 2.24) is 4.90 Å². The van der Waals surface area contributed by atoms with Crippen molar-refractivity contribution >= 4 is 46.3 Å². The fraction of sp³-hybridized carbons (Fsp3) is 0.133. The second-order valence-corrected chi connectivity index (χ2v) is 6.14. The smallest absolute Gasteiger partial charge is 0.323 e. The molecule has 0 aliphatic carbocycles. The van der Waals surface area contributed by atoms with Gasteiger partial charge in [0.25, 0.3) is 5.91 Å². The van der Waals surface area contributed by atoms with E-state index in [-0.39, 0.29) is 10.2 Å². The van der Waals surface area contributed by atoms with Crippen LogP contribution >= 0.6 is 24.0 Å². The Morgan fingerprint density at radius 2 is 2.05 bits per heavy atom. The van der Waals surface area contributed by atoms with Crippen LogP contribution in [0.4, 0.5) is 0 Å². The SMILES string of the molecule is CC(=Cc1ccccc1)/C=C1\SC(=S)N(CC(=O)O)C1=O. The van der Waals surface area contributed by atoms with E-state index in [1.54, 1.807) is 6.08 Å². The van der Waals surface area contributed by atoms with Gasteiger partial charge in [0.05, 0.1) is 4.91 Å². The second kappa shape index (κ2) is 6.69. The number of aliphatic carboxylic acids is 1. The molecule has 1 fully saturated rings. The van der Waals surface area contributed by atoms with E-state index in [1.807, 2.05) is 43.3 Å². The van der Waals surface area contributed by atoms with Gasteiger partial charge in [-0.25, -0.2) is 0 Å². The van der Waals surface area contributed by atoms with Crippen LogP contribution in [-0.2, 0) is 9.59 Å². The highest BCUT2D eigenvalue weighted by molar-refractivity contribution is 8.26. The molecule has 0 radical (unpaired) electrons. The molecule has 1 N–H and O–H groups in total. The molecule has 6 heteroatoms. The van der Waals surface area contributed by atoms with Gasteiger partial charge in [-0.3, -0.25) is 14.5 Å². The summed E-state index contributed by atoms with van der Waals surface area (Å²) in [5.41, 5.74) is 1.93. The molecule has 1 aromatic carbocycles. The van der Waals surface area contributed by atoms with Gasteiger partial charge < -0.3 is 5.11 Å². The van der Waals surface area contributed by atoms with Gasteiger partial charge >= 0.3 is 5.97 Å². The molecule has 0 aromatic heterocycles. The fourth-order valence-corrected chi connectivity index (χ4v) is 3.14. The first-order chi connectivity index (χ1) is 9.97. The van der Waals surface area contributed by atoms with Crippen molar-refractivity contribution in [1.29, 1.82) is 0 Å². The average molecular weight is 319 g/mol. The first-order valence-electron chi connectivity index (χ1n) is 6.18. The summed E-state index contributed by atoms with van der Waals surface area (Å²) in [6.45, 7) is 1.49. The quantitative estimate of drug-likeness (QED) is 0.683. The summed E-state index contributed by atoms with van der Waals surface area (Å²) in [7, 11) is 0. The minimum atomic E-state index is -1.08. The van der Waals surface area contributed by atoms with E-state index in [0.29, 0.717) is 4.91 Å². The molecular formula is C15H13NO3S2. The Hall–Kier alpha value is -1.92. The van der Waals surface area contributed by atoms with Crippen molar-refractivity contribution in [3.8, 4) is 0 Å². The molecule has 2 rings (SSSR count). The van der Waals surface area contributed by atoms with Crippen molar-refractivity contribution in [3.05, 3.63) is 52.4 Å². The van der Waals surface area contributed by atoms with Gasteiger partial charge in [0, 0.05) is 0 Å². The lowest BCUT2D eigenvalue weighted by molar-refractivity contribution is -0.140. The number of thioether (sulfide) groups is 1. The summed E-state index contributed by atoms with van der Waals surface area (Å²) < 4.78 is 0.279. The van der Waals surface area contributed by atoms with Crippen LogP contribution < -0.4 is 0 Å².